The van der Waals surface area contributed by atoms with Gasteiger partial charge in [-0.05, 0) is 56.5 Å². The molecule has 0 aliphatic heterocycles. The summed E-state index contributed by atoms with van der Waals surface area (Å²) in [7, 11) is 0. The van der Waals surface area contributed by atoms with Gasteiger partial charge in [0.15, 0.2) is 0 Å². The number of carbonyl (C=O) groups excluding carboxylic acids is 2. The Hall–Kier alpha value is -2.62. The molecule has 0 bridgehead atoms. The van der Waals surface area contributed by atoms with Gasteiger partial charge < -0.3 is 10.1 Å². The van der Waals surface area contributed by atoms with E-state index in [0.29, 0.717) is 5.56 Å². The summed E-state index contributed by atoms with van der Waals surface area (Å²) in [4.78, 5) is 23.9. The van der Waals surface area contributed by atoms with Crippen molar-refractivity contribution in [2.75, 3.05) is 6.54 Å². The standard InChI is InChI=1S/C20H23NO3/c1-14-12-16(10-11-17(14)15-8-6-5-7-9-15)19(23)21-13-18(22)24-20(2,3)4/h5-12H,13H2,1-4H3,(H,21,23). The minimum absolute atomic E-state index is 0.143. The predicted molar refractivity (Wildman–Crippen MR) is 94.8 cm³/mol. The van der Waals surface area contributed by atoms with E-state index < -0.39 is 11.6 Å². The van der Waals surface area contributed by atoms with Crippen LogP contribution in [0.3, 0.4) is 0 Å². The van der Waals surface area contributed by atoms with E-state index in [0.717, 1.165) is 16.7 Å². The summed E-state index contributed by atoms with van der Waals surface area (Å²) < 4.78 is 5.17. The Morgan fingerprint density at radius 1 is 1.04 bits per heavy atom. The first-order valence-corrected chi connectivity index (χ1v) is 7.92. The van der Waals surface area contributed by atoms with Crippen LogP contribution >= 0.6 is 0 Å². The van der Waals surface area contributed by atoms with Crippen molar-refractivity contribution in [3.63, 3.8) is 0 Å². The smallest absolute Gasteiger partial charge is 0.325 e. The summed E-state index contributed by atoms with van der Waals surface area (Å²) in [5, 5.41) is 2.59. The van der Waals surface area contributed by atoms with Crippen LogP contribution in [0.5, 0.6) is 0 Å². The molecule has 0 fully saturated rings. The topological polar surface area (TPSA) is 55.4 Å². The Morgan fingerprint density at radius 3 is 2.29 bits per heavy atom. The Labute approximate surface area is 142 Å². The highest BCUT2D eigenvalue weighted by atomic mass is 16.6. The zero-order valence-electron chi connectivity index (χ0n) is 14.6. The van der Waals surface area contributed by atoms with Gasteiger partial charge in [-0.1, -0.05) is 36.4 Å². The summed E-state index contributed by atoms with van der Waals surface area (Å²) in [5.41, 5.74) is 3.16. The van der Waals surface area contributed by atoms with Crippen LogP contribution in [0.2, 0.25) is 0 Å². The van der Waals surface area contributed by atoms with Crippen molar-refractivity contribution in [3.8, 4) is 11.1 Å². The number of ether oxygens (including phenoxy) is 1. The van der Waals surface area contributed by atoms with E-state index in [9.17, 15) is 9.59 Å². The van der Waals surface area contributed by atoms with Gasteiger partial charge >= 0.3 is 5.97 Å². The van der Waals surface area contributed by atoms with E-state index in [1.807, 2.05) is 49.4 Å². The fourth-order valence-electron chi connectivity index (χ4n) is 2.38. The third-order valence-corrected chi connectivity index (χ3v) is 3.39. The maximum Gasteiger partial charge on any atom is 0.325 e. The largest absolute Gasteiger partial charge is 0.459 e. The van der Waals surface area contributed by atoms with Gasteiger partial charge in [-0.3, -0.25) is 9.59 Å². The molecular formula is C20H23NO3. The maximum atomic E-state index is 12.2. The third-order valence-electron chi connectivity index (χ3n) is 3.39. The molecule has 2 aromatic rings. The molecule has 0 aliphatic carbocycles. The highest BCUT2D eigenvalue weighted by Crippen LogP contribution is 2.23. The van der Waals surface area contributed by atoms with Gasteiger partial charge in [0.05, 0.1) is 0 Å². The fraction of sp³-hybridized carbons (Fsp3) is 0.300. The van der Waals surface area contributed by atoms with Crippen LogP contribution in [0, 0.1) is 6.92 Å². The van der Waals surface area contributed by atoms with Crippen molar-refractivity contribution >= 4 is 11.9 Å². The lowest BCUT2D eigenvalue weighted by atomic mass is 9.98. The van der Waals surface area contributed by atoms with Gasteiger partial charge in [0.25, 0.3) is 5.91 Å². The number of esters is 1. The molecule has 2 aromatic carbocycles. The minimum atomic E-state index is -0.560. The molecule has 126 valence electrons. The van der Waals surface area contributed by atoms with Crippen molar-refractivity contribution in [1.29, 1.82) is 0 Å². The predicted octanol–water partition coefficient (Wildman–Crippen LogP) is 3.73. The average Bonchev–Trinajstić information content (AvgIpc) is 2.51. The normalized spacial score (nSPS) is 11.0. The van der Waals surface area contributed by atoms with E-state index in [1.165, 1.54) is 0 Å². The number of benzene rings is 2. The van der Waals surface area contributed by atoms with Gasteiger partial charge in [-0.25, -0.2) is 0 Å². The molecule has 0 aliphatic rings. The van der Waals surface area contributed by atoms with Crippen LogP contribution in [0.4, 0.5) is 0 Å². The van der Waals surface area contributed by atoms with Crippen LogP contribution in [0.1, 0.15) is 36.7 Å². The van der Waals surface area contributed by atoms with E-state index in [-0.39, 0.29) is 12.5 Å². The lowest BCUT2D eigenvalue weighted by Crippen LogP contribution is -2.34. The summed E-state index contributed by atoms with van der Waals surface area (Å²) in [6, 6.07) is 15.5. The second kappa shape index (κ2) is 7.30. The Bertz CT molecular complexity index is 730. The SMILES string of the molecule is Cc1cc(C(=O)NCC(=O)OC(C)(C)C)ccc1-c1ccccc1. The molecule has 0 unspecified atom stereocenters. The molecule has 2 rings (SSSR count). The number of aryl methyl sites for hydroxylation is 1. The van der Waals surface area contributed by atoms with E-state index >= 15 is 0 Å². The second-order valence-corrected chi connectivity index (χ2v) is 6.66. The zero-order valence-corrected chi connectivity index (χ0v) is 14.6. The molecule has 0 saturated heterocycles. The monoisotopic (exact) mass is 325 g/mol. The van der Waals surface area contributed by atoms with Gasteiger partial charge in [-0.2, -0.15) is 0 Å². The van der Waals surface area contributed by atoms with Crippen molar-refractivity contribution in [2.24, 2.45) is 0 Å². The van der Waals surface area contributed by atoms with Gasteiger partial charge in [0.1, 0.15) is 12.1 Å². The number of rotatable bonds is 4. The van der Waals surface area contributed by atoms with Crippen LogP contribution in [0.25, 0.3) is 11.1 Å². The van der Waals surface area contributed by atoms with Crippen molar-refractivity contribution < 1.29 is 14.3 Å². The molecular weight excluding hydrogens is 302 g/mol. The van der Waals surface area contributed by atoms with Gasteiger partial charge in [0.2, 0.25) is 0 Å². The van der Waals surface area contributed by atoms with Crippen molar-refractivity contribution in [1.82, 2.24) is 5.32 Å². The number of hydrogen-bond acceptors (Lipinski definition) is 3. The Kier molecular flexibility index (Phi) is 5.39. The fourth-order valence-corrected chi connectivity index (χ4v) is 2.38. The Balaban J connectivity index is 2.04. The number of hydrogen-bond donors (Lipinski definition) is 1. The van der Waals surface area contributed by atoms with Crippen LogP contribution in [-0.2, 0) is 9.53 Å². The first-order chi connectivity index (χ1) is 11.3. The van der Waals surface area contributed by atoms with E-state index in [2.05, 4.69) is 5.32 Å². The third kappa shape index (κ3) is 4.95. The van der Waals surface area contributed by atoms with Crippen LogP contribution in [-0.4, -0.2) is 24.0 Å². The first kappa shape index (κ1) is 17.7. The maximum absolute atomic E-state index is 12.2. The van der Waals surface area contributed by atoms with E-state index in [4.69, 9.17) is 4.74 Å². The summed E-state index contributed by atoms with van der Waals surface area (Å²) in [5.74, 6) is -0.739. The quantitative estimate of drug-likeness (QED) is 0.871. The van der Waals surface area contributed by atoms with Crippen LogP contribution in [0.15, 0.2) is 48.5 Å². The molecule has 1 N–H and O–H groups in total. The lowest BCUT2D eigenvalue weighted by molar-refractivity contribution is -0.153. The molecule has 1 amide bonds. The number of nitrogens with one attached hydrogen (secondary N) is 1. The Morgan fingerprint density at radius 2 is 1.71 bits per heavy atom. The summed E-state index contributed by atoms with van der Waals surface area (Å²) >= 11 is 0. The molecule has 0 atom stereocenters. The number of amides is 1. The van der Waals surface area contributed by atoms with Gasteiger partial charge in [-0.15, -0.1) is 0 Å². The molecule has 0 saturated carbocycles. The molecule has 4 nitrogen and oxygen atoms in total. The highest BCUT2D eigenvalue weighted by molar-refractivity contribution is 5.96. The molecule has 4 heteroatoms. The zero-order chi connectivity index (χ0) is 17.7. The van der Waals surface area contributed by atoms with Crippen LogP contribution < -0.4 is 5.32 Å². The van der Waals surface area contributed by atoms with E-state index in [1.54, 1.807) is 26.8 Å². The highest BCUT2D eigenvalue weighted by Gasteiger charge is 2.17. The van der Waals surface area contributed by atoms with Crippen molar-refractivity contribution in [2.45, 2.75) is 33.3 Å². The summed E-state index contributed by atoms with van der Waals surface area (Å²) in [6.45, 7) is 7.19. The minimum Gasteiger partial charge on any atom is -0.459 e. The van der Waals surface area contributed by atoms with Crippen molar-refractivity contribution in [3.05, 3.63) is 59.7 Å². The first-order valence-electron chi connectivity index (χ1n) is 7.92. The lowest BCUT2D eigenvalue weighted by Gasteiger charge is -2.19. The second-order valence-electron chi connectivity index (χ2n) is 6.66. The molecule has 0 aromatic heterocycles. The molecule has 24 heavy (non-hydrogen) atoms. The summed E-state index contributed by atoms with van der Waals surface area (Å²) in [6.07, 6.45) is 0. The average molecular weight is 325 g/mol. The van der Waals surface area contributed by atoms with Gasteiger partial charge in [0, 0.05) is 5.56 Å². The molecule has 0 spiro atoms. The number of carbonyl (C=O) groups is 2. The molecule has 0 heterocycles. The molecule has 0 radical (unpaired) electrons.